The first-order valence-corrected chi connectivity index (χ1v) is 8.30. The van der Waals surface area contributed by atoms with Crippen LogP contribution in [0.2, 0.25) is 5.02 Å². The number of imidazole rings is 1. The van der Waals surface area contributed by atoms with Crippen LogP contribution in [0, 0.1) is 18.6 Å². The number of benzene rings is 2. The van der Waals surface area contributed by atoms with Gasteiger partial charge in [-0.2, -0.15) is 9.97 Å². The summed E-state index contributed by atoms with van der Waals surface area (Å²) in [6, 6.07) is 10.1. The van der Waals surface area contributed by atoms with Gasteiger partial charge < -0.3 is 11.1 Å². The van der Waals surface area contributed by atoms with Gasteiger partial charge in [0, 0.05) is 17.8 Å². The second-order valence-corrected chi connectivity index (χ2v) is 6.27. The van der Waals surface area contributed by atoms with Gasteiger partial charge in [-0.3, -0.25) is 4.57 Å². The third-order valence-corrected chi connectivity index (χ3v) is 4.22. The minimum atomic E-state index is -0.559. The summed E-state index contributed by atoms with van der Waals surface area (Å²) < 4.78 is 28.9. The van der Waals surface area contributed by atoms with E-state index in [4.69, 9.17) is 17.3 Å². The first-order chi connectivity index (χ1) is 12.9. The molecular formula is C18H13ClF2N6. The van der Waals surface area contributed by atoms with Crippen molar-refractivity contribution >= 4 is 40.0 Å². The normalized spacial score (nSPS) is 11.1. The van der Waals surface area contributed by atoms with Gasteiger partial charge in [0.15, 0.2) is 0 Å². The van der Waals surface area contributed by atoms with Gasteiger partial charge in [-0.1, -0.05) is 11.6 Å². The van der Waals surface area contributed by atoms with Crippen molar-refractivity contribution in [1.29, 1.82) is 0 Å². The predicted octanol–water partition coefficient (Wildman–Crippen LogP) is 4.38. The third-order valence-electron chi connectivity index (χ3n) is 3.91. The molecule has 4 rings (SSSR count). The number of fused-ring (bicyclic) bond motifs is 1. The molecule has 0 saturated carbocycles. The number of aryl methyl sites for hydroxylation is 1. The minimum absolute atomic E-state index is 0.0194. The van der Waals surface area contributed by atoms with Gasteiger partial charge in [0.2, 0.25) is 5.95 Å². The van der Waals surface area contributed by atoms with Gasteiger partial charge in [-0.25, -0.2) is 13.8 Å². The van der Waals surface area contributed by atoms with Gasteiger partial charge in [0.05, 0.1) is 16.1 Å². The van der Waals surface area contributed by atoms with E-state index in [2.05, 4.69) is 20.3 Å². The molecule has 3 N–H and O–H groups in total. The Morgan fingerprint density at radius 1 is 1.04 bits per heavy atom. The van der Waals surface area contributed by atoms with Crippen molar-refractivity contribution in [3.63, 3.8) is 0 Å². The molecule has 6 nitrogen and oxygen atoms in total. The van der Waals surface area contributed by atoms with Crippen LogP contribution >= 0.6 is 11.6 Å². The van der Waals surface area contributed by atoms with Crippen molar-refractivity contribution in [2.75, 3.05) is 11.1 Å². The topological polar surface area (TPSA) is 81.7 Å². The Labute approximate surface area is 157 Å². The maximum absolute atomic E-state index is 13.7. The van der Waals surface area contributed by atoms with Crippen molar-refractivity contribution in [3.8, 4) is 5.95 Å². The van der Waals surface area contributed by atoms with Crippen LogP contribution in [0.5, 0.6) is 0 Å². The molecule has 0 spiro atoms. The largest absolute Gasteiger partial charge is 0.383 e. The van der Waals surface area contributed by atoms with Crippen LogP contribution in [0.3, 0.4) is 0 Å². The maximum Gasteiger partial charge on any atom is 0.239 e. The molecule has 136 valence electrons. The quantitative estimate of drug-likeness (QED) is 0.546. The Kier molecular flexibility index (Phi) is 4.12. The molecular weight excluding hydrogens is 374 g/mol. The van der Waals surface area contributed by atoms with E-state index in [-0.39, 0.29) is 16.8 Å². The molecule has 0 aliphatic carbocycles. The van der Waals surface area contributed by atoms with Crippen LogP contribution in [-0.2, 0) is 0 Å². The van der Waals surface area contributed by atoms with Crippen molar-refractivity contribution in [3.05, 3.63) is 64.9 Å². The molecule has 0 bridgehead atoms. The first kappa shape index (κ1) is 17.2. The van der Waals surface area contributed by atoms with E-state index >= 15 is 0 Å². The standard InChI is InChI=1S/C18H13ClF2N6/c1-9-23-14-5-2-10(20)6-15(14)27(9)18-25-16(22)8-17(26-18)24-11-3-4-12(19)13(21)7-11/h2-8H,1H3,(H3,22,24,25,26). The van der Waals surface area contributed by atoms with Crippen molar-refractivity contribution in [2.24, 2.45) is 0 Å². The van der Waals surface area contributed by atoms with E-state index < -0.39 is 11.6 Å². The van der Waals surface area contributed by atoms with Gasteiger partial charge >= 0.3 is 0 Å². The fourth-order valence-corrected chi connectivity index (χ4v) is 2.88. The zero-order valence-electron chi connectivity index (χ0n) is 14.0. The highest BCUT2D eigenvalue weighted by atomic mass is 35.5. The summed E-state index contributed by atoms with van der Waals surface area (Å²) in [5.74, 6) is 0.368. The number of nitrogens with zero attached hydrogens (tertiary/aromatic N) is 4. The molecule has 0 atom stereocenters. The molecule has 0 fully saturated rings. The molecule has 9 heteroatoms. The fourth-order valence-electron chi connectivity index (χ4n) is 2.76. The third kappa shape index (κ3) is 3.26. The number of hydrogen-bond donors (Lipinski definition) is 2. The average Bonchev–Trinajstić information content (AvgIpc) is 2.92. The summed E-state index contributed by atoms with van der Waals surface area (Å²) >= 11 is 5.70. The van der Waals surface area contributed by atoms with Crippen LogP contribution in [-0.4, -0.2) is 19.5 Å². The number of anilines is 3. The van der Waals surface area contributed by atoms with Crippen LogP contribution < -0.4 is 11.1 Å². The lowest BCUT2D eigenvalue weighted by Crippen LogP contribution is -2.08. The molecule has 0 amide bonds. The zero-order valence-corrected chi connectivity index (χ0v) is 14.8. The highest BCUT2D eigenvalue weighted by molar-refractivity contribution is 6.30. The number of hydrogen-bond acceptors (Lipinski definition) is 5. The molecule has 0 radical (unpaired) electrons. The minimum Gasteiger partial charge on any atom is -0.383 e. The lowest BCUT2D eigenvalue weighted by molar-refractivity contribution is 0.628. The van der Waals surface area contributed by atoms with E-state index in [0.717, 1.165) is 0 Å². The number of nitrogens with two attached hydrogens (primary N) is 1. The number of halogens is 3. The Morgan fingerprint density at radius 3 is 2.63 bits per heavy atom. The second kappa shape index (κ2) is 6.48. The van der Waals surface area contributed by atoms with Gasteiger partial charge in [-0.15, -0.1) is 0 Å². The van der Waals surface area contributed by atoms with Crippen molar-refractivity contribution in [2.45, 2.75) is 6.92 Å². The molecule has 0 aliphatic heterocycles. The van der Waals surface area contributed by atoms with E-state index in [1.165, 1.54) is 30.3 Å². The zero-order chi connectivity index (χ0) is 19.1. The van der Waals surface area contributed by atoms with E-state index in [0.29, 0.717) is 28.4 Å². The SMILES string of the molecule is Cc1nc2ccc(F)cc2n1-c1nc(N)cc(Nc2ccc(Cl)c(F)c2)n1. The maximum atomic E-state index is 13.7. The average molecular weight is 387 g/mol. The summed E-state index contributed by atoms with van der Waals surface area (Å²) in [5.41, 5.74) is 7.47. The van der Waals surface area contributed by atoms with Gasteiger partial charge in [-0.05, 0) is 37.3 Å². The summed E-state index contributed by atoms with van der Waals surface area (Å²) in [4.78, 5) is 13.0. The van der Waals surface area contributed by atoms with Gasteiger partial charge in [0.1, 0.15) is 29.1 Å². The smallest absolute Gasteiger partial charge is 0.239 e. The van der Waals surface area contributed by atoms with Crippen LogP contribution in [0.4, 0.5) is 26.1 Å². The van der Waals surface area contributed by atoms with E-state index in [1.54, 1.807) is 23.6 Å². The molecule has 2 aromatic heterocycles. The Bertz CT molecular complexity index is 1170. The molecule has 4 aromatic rings. The molecule has 27 heavy (non-hydrogen) atoms. The Morgan fingerprint density at radius 2 is 1.85 bits per heavy atom. The molecule has 0 unspecified atom stereocenters. The summed E-state index contributed by atoms with van der Waals surface area (Å²) in [5, 5.41) is 2.98. The summed E-state index contributed by atoms with van der Waals surface area (Å²) in [6.07, 6.45) is 0. The molecule has 0 aliphatic rings. The van der Waals surface area contributed by atoms with Crippen molar-refractivity contribution in [1.82, 2.24) is 19.5 Å². The lowest BCUT2D eigenvalue weighted by Gasteiger charge is -2.11. The number of aromatic nitrogens is 4. The number of rotatable bonds is 3. The Balaban J connectivity index is 1.80. The number of nitrogens with one attached hydrogen (secondary N) is 1. The van der Waals surface area contributed by atoms with E-state index in [1.807, 2.05) is 0 Å². The second-order valence-electron chi connectivity index (χ2n) is 5.86. The monoisotopic (exact) mass is 386 g/mol. The predicted molar refractivity (Wildman–Crippen MR) is 100 cm³/mol. The molecule has 2 aromatic carbocycles. The first-order valence-electron chi connectivity index (χ1n) is 7.92. The van der Waals surface area contributed by atoms with Crippen LogP contribution in [0.15, 0.2) is 42.5 Å². The fraction of sp³-hybridized carbons (Fsp3) is 0.0556. The summed E-state index contributed by atoms with van der Waals surface area (Å²) in [7, 11) is 0. The van der Waals surface area contributed by atoms with Crippen LogP contribution in [0.25, 0.3) is 17.0 Å². The highest BCUT2D eigenvalue weighted by Gasteiger charge is 2.14. The summed E-state index contributed by atoms with van der Waals surface area (Å²) in [6.45, 7) is 1.76. The number of nitrogen functional groups attached to an aromatic ring is 1. The van der Waals surface area contributed by atoms with Gasteiger partial charge in [0.25, 0.3) is 0 Å². The Hall–Kier alpha value is -3.26. The lowest BCUT2D eigenvalue weighted by atomic mass is 10.3. The van der Waals surface area contributed by atoms with Crippen molar-refractivity contribution < 1.29 is 8.78 Å². The molecule has 2 heterocycles. The highest BCUT2D eigenvalue weighted by Crippen LogP contribution is 2.25. The van der Waals surface area contributed by atoms with E-state index in [9.17, 15) is 8.78 Å². The van der Waals surface area contributed by atoms with Crippen LogP contribution in [0.1, 0.15) is 5.82 Å². The molecule has 0 saturated heterocycles.